The van der Waals surface area contributed by atoms with Crippen LogP contribution in [-0.4, -0.2) is 17.9 Å². The first-order chi connectivity index (χ1) is 12.1. The molecular weight excluding hydrogens is 310 g/mol. The lowest BCUT2D eigenvalue weighted by molar-refractivity contribution is -0.130. The number of carbonyl (C=O) groups is 1. The van der Waals surface area contributed by atoms with Crippen molar-refractivity contribution in [1.29, 1.82) is 0 Å². The normalized spacial score (nSPS) is 12.3. The zero-order chi connectivity index (χ0) is 17.8. The molecule has 3 aromatic rings. The van der Waals surface area contributed by atoms with Gasteiger partial charge in [-0.25, -0.2) is 0 Å². The number of carbonyl (C=O) groups excluding carboxylic acids is 1. The smallest absolute Gasteiger partial charge is 0.223 e. The minimum absolute atomic E-state index is 0.156. The molecule has 3 heteroatoms. The van der Waals surface area contributed by atoms with Gasteiger partial charge in [0.05, 0.1) is 0 Å². The number of benzene rings is 2. The molecule has 3 rings (SSSR count). The molecule has 0 saturated heterocycles. The largest absolute Gasteiger partial charge is 0.461 e. The molecule has 1 unspecified atom stereocenters. The molecule has 0 aliphatic carbocycles. The third-order valence-corrected chi connectivity index (χ3v) is 4.77. The van der Waals surface area contributed by atoms with Gasteiger partial charge in [0.15, 0.2) is 0 Å². The summed E-state index contributed by atoms with van der Waals surface area (Å²) < 4.78 is 5.94. The first kappa shape index (κ1) is 17.3. The van der Waals surface area contributed by atoms with Crippen molar-refractivity contribution in [2.45, 2.75) is 39.2 Å². The van der Waals surface area contributed by atoms with Crippen molar-refractivity contribution in [1.82, 2.24) is 4.90 Å². The molecule has 0 saturated carbocycles. The van der Waals surface area contributed by atoms with Gasteiger partial charge in [-0.3, -0.25) is 4.79 Å². The van der Waals surface area contributed by atoms with Crippen LogP contribution < -0.4 is 0 Å². The number of rotatable bonds is 6. The highest BCUT2D eigenvalue weighted by Crippen LogP contribution is 2.28. The fraction of sp³-hybridized carbons (Fsp3) is 0.318. The number of amides is 1. The van der Waals surface area contributed by atoms with Gasteiger partial charge < -0.3 is 9.32 Å². The van der Waals surface area contributed by atoms with E-state index in [4.69, 9.17) is 4.42 Å². The number of hydrogen-bond acceptors (Lipinski definition) is 2. The van der Waals surface area contributed by atoms with Crippen molar-refractivity contribution in [2.24, 2.45) is 0 Å². The summed E-state index contributed by atoms with van der Waals surface area (Å²) in [6, 6.07) is 18.2. The highest BCUT2D eigenvalue weighted by molar-refractivity contribution is 5.83. The Balaban J connectivity index is 1.74. The molecule has 0 spiro atoms. The van der Waals surface area contributed by atoms with Crippen molar-refractivity contribution in [3.8, 4) is 0 Å². The van der Waals surface area contributed by atoms with E-state index in [-0.39, 0.29) is 11.8 Å². The van der Waals surface area contributed by atoms with Gasteiger partial charge in [-0.2, -0.15) is 0 Å². The summed E-state index contributed by atoms with van der Waals surface area (Å²) in [5, 5.41) is 1.11. The highest BCUT2D eigenvalue weighted by Gasteiger charge is 2.19. The monoisotopic (exact) mass is 335 g/mol. The Kier molecular flexibility index (Phi) is 5.22. The lowest BCUT2D eigenvalue weighted by Crippen LogP contribution is -2.27. The highest BCUT2D eigenvalue weighted by atomic mass is 16.3. The second-order valence-electron chi connectivity index (χ2n) is 6.62. The Morgan fingerprint density at radius 2 is 1.76 bits per heavy atom. The molecule has 0 fully saturated rings. The molecule has 0 aliphatic heterocycles. The van der Waals surface area contributed by atoms with Gasteiger partial charge in [0.1, 0.15) is 11.3 Å². The number of nitrogens with zero attached hydrogens (tertiary/aromatic N) is 1. The minimum atomic E-state index is 0.156. The van der Waals surface area contributed by atoms with E-state index in [0.29, 0.717) is 13.0 Å². The quantitative estimate of drug-likeness (QED) is 0.624. The van der Waals surface area contributed by atoms with Crippen LogP contribution in [0, 0.1) is 0 Å². The van der Waals surface area contributed by atoms with Gasteiger partial charge in [0, 0.05) is 37.4 Å². The molecule has 130 valence electrons. The Morgan fingerprint density at radius 3 is 2.48 bits per heavy atom. The van der Waals surface area contributed by atoms with Crippen LogP contribution in [0.1, 0.15) is 43.1 Å². The van der Waals surface area contributed by atoms with Crippen LogP contribution in [0.5, 0.6) is 0 Å². The van der Waals surface area contributed by atoms with Crippen LogP contribution in [0.4, 0.5) is 0 Å². The molecule has 1 amide bonds. The summed E-state index contributed by atoms with van der Waals surface area (Å²) in [6.45, 7) is 4.77. The molecule has 0 aliphatic rings. The first-order valence-electron chi connectivity index (χ1n) is 8.88. The average molecular weight is 335 g/mol. The zero-order valence-electron chi connectivity index (χ0n) is 15.2. The summed E-state index contributed by atoms with van der Waals surface area (Å²) in [5.74, 6) is 1.34. The van der Waals surface area contributed by atoms with E-state index >= 15 is 0 Å². The molecule has 2 aromatic carbocycles. The Hall–Kier alpha value is -2.55. The van der Waals surface area contributed by atoms with E-state index in [0.717, 1.165) is 28.7 Å². The molecule has 0 bridgehead atoms. The summed E-state index contributed by atoms with van der Waals surface area (Å²) in [4.78, 5) is 14.5. The van der Waals surface area contributed by atoms with Gasteiger partial charge >= 0.3 is 0 Å². The SMILES string of the molecule is CCc1oc2ccccc2c1CN(C)C(=O)CC(C)c1ccccc1. The predicted octanol–water partition coefficient (Wildman–Crippen LogP) is 5.15. The van der Waals surface area contributed by atoms with E-state index in [1.807, 2.05) is 48.3 Å². The van der Waals surface area contributed by atoms with Crippen LogP contribution in [0.3, 0.4) is 0 Å². The van der Waals surface area contributed by atoms with Gasteiger partial charge in [-0.05, 0) is 17.5 Å². The molecule has 1 atom stereocenters. The Bertz CT molecular complexity index is 851. The van der Waals surface area contributed by atoms with Crippen molar-refractivity contribution < 1.29 is 9.21 Å². The molecule has 0 radical (unpaired) electrons. The molecule has 0 N–H and O–H groups in total. The summed E-state index contributed by atoms with van der Waals surface area (Å²) >= 11 is 0. The van der Waals surface area contributed by atoms with E-state index in [1.54, 1.807) is 0 Å². The molecule has 1 aromatic heterocycles. The summed E-state index contributed by atoms with van der Waals surface area (Å²) in [5.41, 5.74) is 3.22. The van der Waals surface area contributed by atoms with Crippen molar-refractivity contribution >= 4 is 16.9 Å². The van der Waals surface area contributed by atoms with Crippen molar-refractivity contribution in [3.05, 3.63) is 71.5 Å². The summed E-state index contributed by atoms with van der Waals surface area (Å²) in [6.07, 6.45) is 1.34. The minimum Gasteiger partial charge on any atom is -0.461 e. The number of para-hydroxylation sites is 1. The Morgan fingerprint density at radius 1 is 1.08 bits per heavy atom. The maximum atomic E-state index is 12.7. The van der Waals surface area contributed by atoms with Gasteiger partial charge in [-0.1, -0.05) is 62.4 Å². The topological polar surface area (TPSA) is 33.5 Å². The maximum absolute atomic E-state index is 12.7. The van der Waals surface area contributed by atoms with Crippen molar-refractivity contribution in [2.75, 3.05) is 7.05 Å². The Labute approximate surface area is 149 Å². The third kappa shape index (κ3) is 3.76. The second kappa shape index (κ2) is 7.56. The predicted molar refractivity (Wildman–Crippen MR) is 102 cm³/mol. The van der Waals surface area contributed by atoms with Gasteiger partial charge in [0.2, 0.25) is 5.91 Å². The number of hydrogen-bond donors (Lipinski definition) is 0. The standard InChI is InChI=1S/C22H25NO2/c1-4-20-19(18-12-8-9-13-21(18)25-20)15-23(3)22(24)14-16(2)17-10-6-5-7-11-17/h5-13,16H,4,14-15H2,1-3H3. The van der Waals surface area contributed by atoms with Crippen LogP contribution >= 0.6 is 0 Å². The zero-order valence-corrected chi connectivity index (χ0v) is 15.2. The van der Waals surface area contributed by atoms with E-state index < -0.39 is 0 Å². The van der Waals surface area contributed by atoms with E-state index in [9.17, 15) is 4.79 Å². The number of furan rings is 1. The van der Waals surface area contributed by atoms with E-state index in [1.165, 1.54) is 5.56 Å². The van der Waals surface area contributed by atoms with Crippen LogP contribution in [-0.2, 0) is 17.8 Å². The molecule has 1 heterocycles. The number of aryl methyl sites for hydroxylation is 1. The molecule has 3 nitrogen and oxygen atoms in total. The lowest BCUT2D eigenvalue weighted by Gasteiger charge is -2.20. The average Bonchev–Trinajstić information content (AvgIpc) is 3.00. The van der Waals surface area contributed by atoms with Gasteiger partial charge in [0.25, 0.3) is 0 Å². The fourth-order valence-corrected chi connectivity index (χ4v) is 3.25. The molecule has 25 heavy (non-hydrogen) atoms. The van der Waals surface area contributed by atoms with Crippen molar-refractivity contribution in [3.63, 3.8) is 0 Å². The first-order valence-corrected chi connectivity index (χ1v) is 8.88. The van der Waals surface area contributed by atoms with E-state index in [2.05, 4.69) is 32.0 Å². The molecular formula is C22H25NO2. The second-order valence-corrected chi connectivity index (χ2v) is 6.62. The van der Waals surface area contributed by atoms with Crippen LogP contribution in [0.25, 0.3) is 11.0 Å². The van der Waals surface area contributed by atoms with Crippen LogP contribution in [0.2, 0.25) is 0 Å². The third-order valence-electron chi connectivity index (χ3n) is 4.77. The fourth-order valence-electron chi connectivity index (χ4n) is 3.25. The summed E-state index contributed by atoms with van der Waals surface area (Å²) in [7, 11) is 1.88. The maximum Gasteiger partial charge on any atom is 0.223 e. The lowest BCUT2D eigenvalue weighted by atomic mass is 9.97. The number of fused-ring (bicyclic) bond motifs is 1. The van der Waals surface area contributed by atoms with Gasteiger partial charge in [-0.15, -0.1) is 0 Å². The van der Waals surface area contributed by atoms with Crippen LogP contribution in [0.15, 0.2) is 59.0 Å².